The number of ether oxygens (including phenoxy) is 1. The lowest BCUT2D eigenvalue weighted by Crippen LogP contribution is -2.22. The predicted octanol–water partition coefficient (Wildman–Crippen LogP) is 5.03. The molecule has 1 N–H and O–H groups in total. The van der Waals surface area contributed by atoms with Crippen molar-refractivity contribution >= 4 is 35.6 Å². The highest BCUT2D eigenvalue weighted by atomic mass is 28.3. The number of benzene rings is 2. The van der Waals surface area contributed by atoms with Gasteiger partial charge in [0.05, 0.1) is 16.0 Å². The van der Waals surface area contributed by atoms with Crippen LogP contribution in [0.25, 0.3) is 21.8 Å². The van der Waals surface area contributed by atoms with Gasteiger partial charge in [-0.05, 0) is 36.7 Å². The summed E-state index contributed by atoms with van der Waals surface area (Å²) in [6.45, 7) is 9.75. The van der Waals surface area contributed by atoms with E-state index < -0.39 is 13.0 Å². The summed E-state index contributed by atoms with van der Waals surface area (Å²) in [6.07, 6.45) is 0. The number of fused-ring (bicyclic) bond motifs is 3. The molecule has 0 spiro atoms. The van der Waals surface area contributed by atoms with E-state index in [9.17, 15) is 15.2 Å². The maximum absolute atomic E-state index is 11.2. The molecule has 0 radical (unpaired) electrons. The van der Waals surface area contributed by atoms with Crippen LogP contribution in [0, 0.1) is 17.0 Å². The Labute approximate surface area is 153 Å². The van der Waals surface area contributed by atoms with Gasteiger partial charge in [0.2, 0.25) is 0 Å². The molecule has 0 amide bonds. The largest absolute Gasteiger partial charge is 0.506 e. The summed E-state index contributed by atoms with van der Waals surface area (Å²) in [6, 6.07) is 9.48. The topological polar surface area (TPSA) is 77.5 Å². The molecule has 3 aromatic rings. The number of nitrogens with zero attached hydrogens (tertiary/aromatic N) is 2. The molecule has 0 saturated carbocycles. The molecular weight excluding hydrogens is 348 g/mol. The standard InChI is InChI=1S/C19H24N2O4Si/c1-13-9-16-15-11-14(21(23)24)5-6-17(15)20(19(16)18(22)10-13)12-25-7-8-26(2,3)4/h5-6,9-11,22H,7-8,12H2,1-4H3. The minimum atomic E-state index is -1.18. The summed E-state index contributed by atoms with van der Waals surface area (Å²) in [5.74, 6) is 0.160. The quantitative estimate of drug-likeness (QED) is 0.285. The van der Waals surface area contributed by atoms with Gasteiger partial charge in [-0.3, -0.25) is 10.1 Å². The number of phenols is 1. The highest BCUT2D eigenvalue weighted by Gasteiger charge is 2.18. The normalized spacial score (nSPS) is 12.2. The van der Waals surface area contributed by atoms with Gasteiger partial charge >= 0.3 is 0 Å². The lowest BCUT2D eigenvalue weighted by molar-refractivity contribution is -0.384. The minimum absolute atomic E-state index is 0.0391. The van der Waals surface area contributed by atoms with E-state index in [1.165, 1.54) is 6.07 Å². The summed E-state index contributed by atoms with van der Waals surface area (Å²) in [4.78, 5) is 10.8. The molecule has 2 aromatic carbocycles. The number of aromatic hydroxyl groups is 1. The summed E-state index contributed by atoms with van der Waals surface area (Å²) in [5, 5.41) is 23.2. The number of rotatable bonds is 6. The first-order valence-corrected chi connectivity index (χ1v) is 12.4. The summed E-state index contributed by atoms with van der Waals surface area (Å²) in [5.41, 5.74) is 2.41. The number of hydrogen-bond acceptors (Lipinski definition) is 4. The van der Waals surface area contributed by atoms with Crippen LogP contribution < -0.4 is 0 Å². The van der Waals surface area contributed by atoms with E-state index in [2.05, 4.69) is 19.6 Å². The molecule has 0 unspecified atom stereocenters. The van der Waals surface area contributed by atoms with Crippen molar-refractivity contribution < 1.29 is 14.8 Å². The zero-order valence-corrected chi connectivity index (χ0v) is 16.6. The van der Waals surface area contributed by atoms with Crippen molar-refractivity contribution in [1.82, 2.24) is 4.57 Å². The highest BCUT2D eigenvalue weighted by Crippen LogP contribution is 2.37. The lowest BCUT2D eigenvalue weighted by Gasteiger charge is -2.16. The average molecular weight is 372 g/mol. The molecule has 3 rings (SSSR count). The van der Waals surface area contributed by atoms with Crippen LogP contribution in [0.4, 0.5) is 5.69 Å². The first kappa shape index (κ1) is 18.4. The van der Waals surface area contributed by atoms with E-state index in [1.807, 2.05) is 17.6 Å². The fraction of sp³-hybridized carbons (Fsp3) is 0.368. The van der Waals surface area contributed by atoms with Gasteiger partial charge in [-0.25, -0.2) is 0 Å². The van der Waals surface area contributed by atoms with Crippen molar-refractivity contribution in [3.63, 3.8) is 0 Å². The number of phenolic OH excluding ortho intramolecular Hbond substituents is 1. The number of hydrogen-bond donors (Lipinski definition) is 1. The van der Waals surface area contributed by atoms with Gasteiger partial charge in [-0.1, -0.05) is 19.6 Å². The second-order valence-electron chi connectivity index (χ2n) is 7.91. The fourth-order valence-corrected chi connectivity index (χ4v) is 3.88. The van der Waals surface area contributed by atoms with Crippen LogP contribution >= 0.6 is 0 Å². The maximum Gasteiger partial charge on any atom is 0.270 e. The van der Waals surface area contributed by atoms with Crippen molar-refractivity contribution in [3.05, 3.63) is 46.0 Å². The van der Waals surface area contributed by atoms with E-state index in [0.29, 0.717) is 18.9 Å². The highest BCUT2D eigenvalue weighted by molar-refractivity contribution is 6.76. The third-order valence-corrected chi connectivity index (χ3v) is 6.20. The molecule has 0 aliphatic carbocycles. The maximum atomic E-state index is 11.2. The molecule has 1 aromatic heterocycles. The second-order valence-corrected chi connectivity index (χ2v) is 13.5. The Bertz CT molecular complexity index is 989. The predicted molar refractivity (Wildman–Crippen MR) is 107 cm³/mol. The van der Waals surface area contributed by atoms with Crippen molar-refractivity contribution in [2.75, 3.05) is 6.61 Å². The van der Waals surface area contributed by atoms with Gasteiger partial charge in [-0.2, -0.15) is 0 Å². The monoisotopic (exact) mass is 372 g/mol. The summed E-state index contributed by atoms with van der Waals surface area (Å²) in [7, 11) is -1.18. The molecular formula is C19H24N2O4Si. The zero-order valence-electron chi connectivity index (χ0n) is 15.6. The third-order valence-electron chi connectivity index (χ3n) is 4.49. The third kappa shape index (κ3) is 3.59. The first-order valence-electron chi connectivity index (χ1n) is 8.65. The Balaban J connectivity index is 2.09. The second kappa shape index (κ2) is 6.73. The van der Waals surface area contributed by atoms with Gasteiger partial charge in [0.1, 0.15) is 12.5 Å². The molecule has 6 nitrogen and oxygen atoms in total. The molecule has 138 valence electrons. The fourth-order valence-electron chi connectivity index (χ4n) is 3.13. The zero-order chi connectivity index (χ0) is 19.1. The molecule has 0 fully saturated rings. The van der Waals surface area contributed by atoms with Gasteiger partial charge in [-0.15, -0.1) is 0 Å². The summed E-state index contributed by atoms with van der Waals surface area (Å²) >= 11 is 0. The van der Waals surface area contributed by atoms with E-state index in [0.717, 1.165) is 27.9 Å². The van der Waals surface area contributed by atoms with E-state index >= 15 is 0 Å². The number of aryl methyl sites for hydroxylation is 1. The molecule has 0 atom stereocenters. The molecule has 0 aliphatic heterocycles. The van der Waals surface area contributed by atoms with Gasteiger partial charge in [0.15, 0.2) is 0 Å². The number of nitro benzene ring substituents is 1. The van der Waals surface area contributed by atoms with Crippen LogP contribution in [0.15, 0.2) is 30.3 Å². The molecule has 0 aliphatic rings. The SMILES string of the molecule is Cc1cc(O)c2c(c1)c1cc([N+](=O)[O-])ccc1n2COCC[Si](C)(C)C. The summed E-state index contributed by atoms with van der Waals surface area (Å²) < 4.78 is 7.78. The van der Waals surface area contributed by atoms with Crippen LogP contribution in [-0.2, 0) is 11.5 Å². The van der Waals surface area contributed by atoms with Crippen molar-refractivity contribution in [2.24, 2.45) is 0 Å². The van der Waals surface area contributed by atoms with Crippen LogP contribution in [0.3, 0.4) is 0 Å². The minimum Gasteiger partial charge on any atom is -0.506 e. The smallest absolute Gasteiger partial charge is 0.270 e. The van der Waals surface area contributed by atoms with E-state index in [4.69, 9.17) is 4.74 Å². The lowest BCUT2D eigenvalue weighted by atomic mass is 10.1. The number of nitro groups is 1. The Morgan fingerprint density at radius 1 is 1.19 bits per heavy atom. The molecule has 0 bridgehead atoms. The Morgan fingerprint density at radius 2 is 1.92 bits per heavy atom. The number of non-ortho nitro benzene ring substituents is 1. The molecule has 7 heteroatoms. The van der Waals surface area contributed by atoms with E-state index in [-0.39, 0.29) is 11.4 Å². The first-order chi connectivity index (χ1) is 12.2. The Hall–Kier alpha value is -2.38. The average Bonchev–Trinajstić information content (AvgIpc) is 2.84. The van der Waals surface area contributed by atoms with Crippen LogP contribution in [0.1, 0.15) is 5.56 Å². The van der Waals surface area contributed by atoms with Crippen LogP contribution in [0.5, 0.6) is 5.75 Å². The molecule has 26 heavy (non-hydrogen) atoms. The molecule has 1 heterocycles. The Morgan fingerprint density at radius 3 is 2.58 bits per heavy atom. The van der Waals surface area contributed by atoms with Gasteiger partial charge in [0.25, 0.3) is 5.69 Å². The van der Waals surface area contributed by atoms with Crippen LogP contribution in [-0.4, -0.2) is 29.3 Å². The number of aromatic nitrogens is 1. The van der Waals surface area contributed by atoms with Gasteiger partial charge in [0, 0.05) is 37.6 Å². The van der Waals surface area contributed by atoms with E-state index in [1.54, 1.807) is 18.2 Å². The van der Waals surface area contributed by atoms with Crippen molar-refractivity contribution in [3.8, 4) is 5.75 Å². The van der Waals surface area contributed by atoms with Crippen LogP contribution in [0.2, 0.25) is 25.7 Å². The Kier molecular flexibility index (Phi) is 4.77. The molecule has 0 saturated heterocycles. The van der Waals surface area contributed by atoms with Gasteiger partial charge < -0.3 is 14.4 Å². The van der Waals surface area contributed by atoms with Crippen molar-refractivity contribution in [1.29, 1.82) is 0 Å². The van der Waals surface area contributed by atoms with Crippen molar-refractivity contribution in [2.45, 2.75) is 39.3 Å².